The van der Waals surface area contributed by atoms with Crippen LogP contribution in [0.2, 0.25) is 0 Å². The van der Waals surface area contributed by atoms with E-state index in [9.17, 15) is 0 Å². The van der Waals surface area contributed by atoms with Crippen LogP contribution >= 0.6 is 0 Å². The normalized spacial score (nSPS) is 12.4. The van der Waals surface area contributed by atoms with Gasteiger partial charge in [0.1, 0.15) is 11.5 Å². The molecule has 0 aromatic carbocycles. The quantitative estimate of drug-likeness (QED) is 0.881. The summed E-state index contributed by atoms with van der Waals surface area (Å²) in [4.78, 5) is 4.46. The zero-order valence-electron chi connectivity index (χ0n) is 10.9. The van der Waals surface area contributed by atoms with Gasteiger partial charge in [0.15, 0.2) is 0 Å². The van der Waals surface area contributed by atoms with Crippen molar-refractivity contribution in [3.05, 3.63) is 47.7 Å². The Hall–Kier alpha value is -1.81. The molecule has 0 radical (unpaired) electrons. The Labute approximate surface area is 107 Å². The smallest absolute Gasteiger partial charge is 0.122 e. The fourth-order valence-electron chi connectivity index (χ4n) is 1.81. The molecule has 0 unspecified atom stereocenters. The molecule has 4 nitrogen and oxygen atoms in total. The van der Waals surface area contributed by atoms with Gasteiger partial charge >= 0.3 is 0 Å². The van der Waals surface area contributed by atoms with Crippen molar-refractivity contribution in [1.82, 2.24) is 10.3 Å². The molecule has 0 aliphatic heterocycles. The summed E-state index contributed by atoms with van der Waals surface area (Å²) < 4.78 is 10.6. The van der Waals surface area contributed by atoms with Crippen molar-refractivity contribution in [2.75, 3.05) is 7.11 Å². The van der Waals surface area contributed by atoms with Gasteiger partial charge in [-0.05, 0) is 26.0 Å². The summed E-state index contributed by atoms with van der Waals surface area (Å²) in [5.41, 5.74) is 1.92. The molecule has 0 amide bonds. The number of nitrogens with zero attached hydrogens (tertiary/aromatic N) is 1. The first-order chi connectivity index (χ1) is 8.69. The van der Waals surface area contributed by atoms with E-state index in [1.165, 1.54) is 0 Å². The minimum atomic E-state index is 0.160. The van der Waals surface area contributed by atoms with Crippen LogP contribution in [0.4, 0.5) is 0 Å². The summed E-state index contributed by atoms with van der Waals surface area (Å²) in [7, 11) is 1.66. The number of rotatable bonds is 5. The van der Waals surface area contributed by atoms with Gasteiger partial charge in [0.2, 0.25) is 0 Å². The summed E-state index contributed by atoms with van der Waals surface area (Å²) in [6.07, 6.45) is 1.68. The number of hydrogen-bond acceptors (Lipinski definition) is 4. The highest BCUT2D eigenvalue weighted by atomic mass is 16.5. The van der Waals surface area contributed by atoms with E-state index in [0.29, 0.717) is 6.54 Å². The second kappa shape index (κ2) is 5.69. The highest BCUT2D eigenvalue weighted by Crippen LogP contribution is 2.16. The van der Waals surface area contributed by atoms with Crippen molar-refractivity contribution < 1.29 is 9.15 Å². The first-order valence-corrected chi connectivity index (χ1v) is 5.97. The molecule has 4 heteroatoms. The molecular formula is C14H18N2O2. The Morgan fingerprint density at radius 1 is 1.44 bits per heavy atom. The molecular weight excluding hydrogens is 228 g/mol. The summed E-state index contributed by atoms with van der Waals surface area (Å²) in [5.74, 6) is 1.76. The molecule has 0 saturated carbocycles. The number of aryl methyl sites for hydroxylation is 1. The largest absolute Gasteiger partial charge is 0.497 e. The lowest BCUT2D eigenvalue weighted by atomic mass is 10.2. The standard InChI is InChI=1S/C14H18N2O2/c1-10-7-13(17-3)8-12(16-10)9-15-11(2)14-5-4-6-18-14/h4-8,11,15H,9H2,1-3H3/t11-/m1/s1. The van der Waals surface area contributed by atoms with Crippen LogP contribution in [0.25, 0.3) is 0 Å². The molecule has 2 aromatic rings. The van der Waals surface area contributed by atoms with E-state index >= 15 is 0 Å². The molecule has 0 bridgehead atoms. The van der Waals surface area contributed by atoms with Crippen LogP contribution in [0.3, 0.4) is 0 Å². The lowest BCUT2D eigenvalue weighted by Gasteiger charge is -2.12. The zero-order valence-corrected chi connectivity index (χ0v) is 10.9. The molecule has 18 heavy (non-hydrogen) atoms. The van der Waals surface area contributed by atoms with E-state index in [4.69, 9.17) is 9.15 Å². The van der Waals surface area contributed by atoms with Crippen LogP contribution in [0.5, 0.6) is 5.75 Å². The Bertz CT molecular complexity index is 495. The van der Waals surface area contributed by atoms with Crippen LogP contribution in [-0.4, -0.2) is 12.1 Å². The van der Waals surface area contributed by atoms with Gasteiger partial charge in [-0.3, -0.25) is 4.98 Å². The number of ether oxygens (including phenoxy) is 1. The SMILES string of the molecule is COc1cc(C)nc(CN[C@H](C)c2ccco2)c1. The third-order valence-electron chi connectivity index (χ3n) is 2.78. The summed E-state index contributed by atoms with van der Waals surface area (Å²) in [6.45, 7) is 4.70. The van der Waals surface area contributed by atoms with E-state index in [1.807, 2.05) is 31.2 Å². The number of furan rings is 1. The molecule has 0 aliphatic carbocycles. The maximum Gasteiger partial charge on any atom is 0.122 e. The van der Waals surface area contributed by atoms with Crippen LogP contribution in [0.15, 0.2) is 34.9 Å². The molecule has 2 heterocycles. The number of hydrogen-bond donors (Lipinski definition) is 1. The minimum absolute atomic E-state index is 0.160. The lowest BCUT2D eigenvalue weighted by molar-refractivity contribution is 0.410. The van der Waals surface area contributed by atoms with Crippen LogP contribution in [0, 0.1) is 6.92 Å². The topological polar surface area (TPSA) is 47.3 Å². The number of methoxy groups -OCH3 is 1. The third-order valence-corrected chi connectivity index (χ3v) is 2.78. The molecule has 2 aromatic heterocycles. The molecule has 1 N–H and O–H groups in total. The van der Waals surface area contributed by atoms with E-state index in [2.05, 4.69) is 17.2 Å². The van der Waals surface area contributed by atoms with Gasteiger partial charge in [0.05, 0.1) is 25.1 Å². The van der Waals surface area contributed by atoms with E-state index < -0.39 is 0 Å². The highest BCUT2D eigenvalue weighted by Gasteiger charge is 2.08. The first-order valence-electron chi connectivity index (χ1n) is 5.97. The predicted molar refractivity (Wildman–Crippen MR) is 69.5 cm³/mol. The van der Waals surface area contributed by atoms with Gasteiger partial charge in [0.25, 0.3) is 0 Å². The zero-order chi connectivity index (χ0) is 13.0. The lowest BCUT2D eigenvalue weighted by Crippen LogP contribution is -2.18. The summed E-state index contributed by atoms with van der Waals surface area (Å²) in [5, 5.41) is 3.37. The molecule has 0 spiro atoms. The maximum absolute atomic E-state index is 5.34. The monoisotopic (exact) mass is 246 g/mol. The van der Waals surface area contributed by atoms with E-state index in [1.54, 1.807) is 13.4 Å². The summed E-state index contributed by atoms with van der Waals surface area (Å²) >= 11 is 0. The van der Waals surface area contributed by atoms with Crippen molar-refractivity contribution in [1.29, 1.82) is 0 Å². The average molecular weight is 246 g/mol. The molecule has 0 aliphatic rings. The molecule has 0 fully saturated rings. The molecule has 2 rings (SSSR count). The minimum Gasteiger partial charge on any atom is -0.497 e. The predicted octanol–water partition coefficient (Wildman–Crippen LogP) is 2.84. The Kier molecular flexibility index (Phi) is 3.99. The number of nitrogens with one attached hydrogen (secondary N) is 1. The van der Waals surface area contributed by atoms with Gasteiger partial charge in [-0.15, -0.1) is 0 Å². The van der Waals surface area contributed by atoms with Gasteiger partial charge in [-0.2, -0.15) is 0 Å². The Morgan fingerprint density at radius 3 is 2.94 bits per heavy atom. The molecule has 96 valence electrons. The van der Waals surface area contributed by atoms with Gasteiger partial charge < -0.3 is 14.5 Å². The fourth-order valence-corrected chi connectivity index (χ4v) is 1.81. The fraction of sp³-hybridized carbons (Fsp3) is 0.357. The van der Waals surface area contributed by atoms with Gasteiger partial charge in [-0.1, -0.05) is 0 Å². The Balaban J connectivity index is 1.99. The van der Waals surface area contributed by atoms with Crippen molar-refractivity contribution in [3.63, 3.8) is 0 Å². The van der Waals surface area contributed by atoms with Crippen molar-refractivity contribution in [3.8, 4) is 5.75 Å². The van der Waals surface area contributed by atoms with Crippen LogP contribution < -0.4 is 10.1 Å². The van der Waals surface area contributed by atoms with E-state index in [-0.39, 0.29) is 6.04 Å². The third kappa shape index (κ3) is 3.11. The van der Waals surface area contributed by atoms with Crippen LogP contribution in [0.1, 0.15) is 30.1 Å². The van der Waals surface area contributed by atoms with Gasteiger partial charge in [-0.25, -0.2) is 0 Å². The van der Waals surface area contributed by atoms with Crippen molar-refractivity contribution >= 4 is 0 Å². The van der Waals surface area contributed by atoms with Gasteiger partial charge in [0, 0.05) is 24.4 Å². The van der Waals surface area contributed by atoms with E-state index in [0.717, 1.165) is 22.9 Å². The second-order valence-electron chi connectivity index (χ2n) is 4.26. The molecule has 1 atom stereocenters. The maximum atomic E-state index is 5.34. The summed E-state index contributed by atoms with van der Waals surface area (Å²) in [6, 6.07) is 7.87. The number of aromatic nitrogens is 1. The second-order valence-corrected chi connectivity index (χ2v) is 4.26. The number of pyridine rings is 1. The van der Waals surface area contributed by atoms with Crippen molar-refractivity contribution in [2.24, 2.45) is 0 Å². The first kappa shape index (κ1) is 12.6. The average Bonchev–Trinajstić information content (AvgIpc) is 2.89. The van der Waals surface area contributed by atoms with Crippen molar-refractivity contribution in [2.45, 2.75) is 26.4 Å². The van der Waals surface area contributed by atoms with Crippen LogP contribution in [-0.2, 0) is 6.54 Å². The Morgan fingerprint density at radius 2 is 2.28 bits per heavy atom. The highest BCUT2D eigenvalue weighted by molar-refractivity contribution is 5.26. The molecule has 0 saturated heterocycles.